The fraction of sp³-hybridized carbons (Fsp3) is 0.316. The lowest BCUT2D eigenvalue weighted by Gasteiger charge is -2.19. The summed E-state index contributed by atoms with van der Waals surface area (Å²) in [4.78, 5) is 46.6. The molecule has 0 radical (unpaired) electrons. The lowest BCUT2D eigenvalue weighted by atomic mass is 10.1. The number of alkyl halides is 1. The van der Waals surface area contributed by atoms with E-state index in [1.165, 1.54) is 30.4 Å². The molecule has 4 rings (SSSR count). The van der Waals surface area contributed by atoms with Gasteiger partial charge in [0.2, 0.25) is 5.82 Å². The van der Waals surface area contributed by atoms with E-state index in [0.717, 1.165) is 12.8 Å². The van der Waals surface area contributed by atoms with Crippen LogP contribution in [0, 0.1) is 0 Å². The molecule has 0 spiro atoms. The van der Waals surface area contributed by atoms with E-state index < -0.39 is 11.9 Å². The number of amides is 1. The Balaban J connectivity index is 1.67. The summed E-state index contributed by atoms with van der Waals surface area (Å²) in [6.45, 7) is 0.552. The summed E-state index contributed by atoms with van der Waals surface area (Å²) in [6.07, 6.45) is 6.85. The van der Waals surface area contributed by atoms with Crippen molar-refractivity contribution in [3.05, 3.63) is 58.9 Å². The molecular formula is C19H18ClN7O2S. The van der Waals surface area contributed by atoms with Crippen molar-refractivity contribution < 1.29 is 4.79 Å². The van der Waals surface area contributed by atoms with Crippen molar-refractivity contribution in [3.63, 3.8) is 0 Å². The molecule has 3 aromatic heterocycles. The Kier molecular flexibility index (Phi) is 6.34. The maximum Gasteiger partial charge on any atom is 0.289 e. The summed E-state index contributed by atoms with van der Waals surface area (Å²) >= 11 is 7.04. The van der Waals surface area contributed by atoms with Crippen LogP contribution in [0.2, 0.25) is 0 Å². The fourth-order valence-corrected chi connectivity index (χ4v) is 4.04. The SMILES string of the molecule is O=C(N[C@H]1CCCCn2c1nc(-c1ccncn1)cc2=O)c1nccc(SCCl)n1. The molecule has 0 unspecified atom stereocenters. The van der Waals surface area contributed by atoms with Gasteiger partial charge in [0.1, 0.15) is 17.2 Å². The van der Waals surface area contributed by atoms with Gasteiger partial charge in [-0.05, 0) is 31.4 Å². The molecule has 4 heterocycles. The van der Waals surface area contributed by atoms with Gasteiger partial charge in [-0.25, -0.2) is 24.9 Å². The molecule has 0 aliphatic carbocycles. The van der Waals surface area contributed by atoms with Crippen molar-refractivity contribution in [3.8, 4) is 11.4 Å². The van der Waals surface area contributed by atoms with Gasteiger partial charge >= 0.3 is 0 Å². The number of hydrogen-bond donors (Lipinski definition) is 1. The minimum Gasteiger partial charge on any atom is -0.339 e. The van der Waals surface area contributed by atoms with Crippen LogP contribution in [0.25, 0.3) is 11.4 Å². The maximum absolute atomic E-state index is 12.8. The molecule has 1 aliphatic heterocycles. The molecule has 1 aliphatic rings. The molecule has 0 saturated carbocycles. The van der Waals surface area contributed by atoms with Crippen LogP contribution in [-0.4, -0.2) is 40.6 Å². The van der Waals surface area contributed by atoms with Gasteiger partial charge in [0.15, 0.2) is 0 Å². The van der Waals surface area contributed by atoms with Gasteiger partial charge in [0.25, 0.3) is 11.5 Å². The monoisotopic (exact) mass is 443 g/mol. The quantitative estimate of drug-likeness (QED) is 0.363. The number of aromatic nitrogens is 6. The zero-order valence-electron chi connectivity index (χ0n) is 15.9. The Hall–Kier alpha value is -2.85. The highest BCUT2D eigenvalue weighted by Crippen LogP contribution is 2.24. The molecule has 3 aromatic rings. The Morgan fingerprint density at radius 1 is 1.20 bits per heavy atom. The van der Waals surface area contributed by atoms with Crippen LogP contribution < -0.4 is 10.9 Å². The number of nitrogens with zero attached hydrogens (tertiary/aromatic N) is 6. The topological polar surface area (TPSA) is 116 Å². The smallest absolute Gasteiger partial charge is 0.289 e. The van der Waals surface area contributed by atoms with Gasteiger partial charge in [-0.1, -0.05) is 11.8 Å². The molecule has 154 valence electrons. The van der Waals surface area contributed by atoms with E-state index in [1.807, 2.05) is 0 Å². The van der Waals surface area contributed by atoms with Gasteiger partial charge in [-0.3, -0.25) is 14.2 Å². The van der Waals surface area contributed by atoms with Crippen LogP contribution in [-0.2, 0) is 6.54 Å². The van der Waals surface area contributed by atoms with Gasteiger partial charge < -0.3 is 5.32 Å². The predicted molar refractivity (Wildman–Crippen MR) is 112 cm³/mol. The van der Waals surface area contributed by atoms with Gasteiger partial charge in [0.05, 0.1) is 22.6 Å². The highest BCUT2D eigenvalue weighted by atomic mass is 35.5. The second kappa shape index (κ2) is 9.31. The number of hydrogen-bond acceptors (Lipinski definition) is 8. The first kappa shape index (κ1) is 20.4. The summed E-state index contributed by atoms with van der Waals surface area (Å²) in [5, 5.41) is 3.89. The highest BCUT2D eigenvalue weighted by Gasteiger charge is 2.25. The van der Waals surface area contributed by atoms with Crippen molar-refractivity contribution in [1.29, 1.82) is 0 Å². The van der Waals surface area contributed by atoms with Crippen LogP contribution in [0.1, 0.15) is 41.7 Å². The average Bonchev–Trinajstić information content (AvgIpc) is 2.97. The summed E-state index contributed by atoms with van der Waals surface area (Å²) in [5.74, 6) is 0.135. The fourth-order valence-electron chi connectivity index (χ4n) is 3.28. The average molecular weight is 444 g/mol. The number of nitrogens with one attached hydrogen (secondary N) is 1. The largest absolute Gasteiger partial charge is 0.339 e. The molecule has 0 fully saturated rings. The second-order valence-electron chi connectivity index (χ2n) is 6.58. The van der Waals surface area contributed by atoms with Crippen molar-refractivity contribution in [2.24, 2.45) is 0 Å². The van der Waals surface area contributed by atoms with Crippen LogP contribution >= 0.6 is 23.4 Å². The van der Waals surface area contributed by atoms with E-state index in [0.29, 0.717) is 40.4 Å². The molecular weight excluding hydrogens is 426 g/mol. The summed E-state index contributed by atoms with van der Waals surface area (Å²) in [6, 6.07) is 4.41. The number of halogens is 1. The van der Waals surface area contributed by atoms with Crippen LogP contribution in [0.15, 0.2) is 46.7 Å². The standard InChI is InChI=1S/C19H18ClN7O2S/c20-10-30-15-5-7-22-17(26-15)19(29)25-13-3-1-2-8-27-16(28)9-14(24-18(13)27)12-4-6-21-11-23-12/h4-7,9,11,13H,1-3,8,10H2,(H,25,29)/t13-/m0/s1. The van der Waals surface area contributed by atoms with E-state index >= 15 is 0 Å². The molecule has 0 aromatic carbocycles. The van der Waals surface area contributed by atoms with Crippen molar-refractivity contribution >= 4 is 29.3 Å². The van der Waals surface area contributed by atoms with Gasteiger partial charge in [0, 0.05) is 25.0 Å². The van der Waals surface area contributed by atoms with E-state index in [-0.39, 0.29) is 11.4 Å². The van der Waals surface area contributed by atoms with Crippen LogP contribution in [0.4, 0.5) is 0 Å². The summed E-state index contributed by atoms with van der Waals surface area (Å²) in [5.41, 5.74) is 0.826. The third-order valence-corrected chi connectivity index (χ3v) is 5.62. The molecule has 0 saturated heterocycles. The zero-order valence-corrected chi connectivity index (χ0v) is 17.4. The molecule has 1 atom stereocenters. The third-order valence-electron chi connectivity index (χ3n) is 4.66. The van der Waals surface area contributed by atoms with Crippen LogP contribution in [0.3, 0.4) is 0 Å². The maximum atomic E-state index is 12.8. The number of thioether (sulfide) groups is 1. The highest BCUT2D eigenvalue weighted by molar-refractivity contribution is 8.00. The number of carbonyl (C=O) groups is 1. The summed E-state index contributed by atoms with van der Waals surface area (Å²) in [7, 11) is 0. The molecule has 30 heavy (non-hydrogen) atoms. The number of carbonyl (C=O) groups excluding carboxylic acids is 1. The first-order valence-corrected chi connectivity index (χ1v) is 10.9. The van der Waals surface area contributed by atoms with E-state index in [9.17, 15) is 9.59 Å². The summed E-state index contributed by atoms with van der Waals surface area (Å²) < 4.78 is 1.61. The minimum atomic E-state index is -0.442. The number of rotatable bonds is 5. The molecule has 9 nitrogen and oxygen atoms in total. The van der Waals surface area contributed by atoms with Gasteiger partial charge in [-0.15, -0.1) is 11.6 Å². The molecule has 1 N–H and O–H groups in total. The second-order valence-corrected chi connectivity index (χ2v) is 8.16. The predicted octanol–water partition coefficient (Wildman–Crippen LogP) is 2.43. The van der Waals surface area contributed by atoms with Crippen molar-refractivity contribution in [2.75, 3.05) is 5.21 Å². The first-order valence-electron chi connectivity index (χ1n) is 9.36. The van der Waals surface area contributed by atoms with Crippen molar-refractivity contribution in [1.82, 2.24) is 34.8 Å². The number of fused-ring (bicyclic) bond motifs is 1. The third kappa shape index (κ3) is 4.49. The Morgan fingerprint density at radius 2 is 2.10 bits per heavy atom. The molecule has 0 bridgehead atoms. The van der Waals surface area contributed by atoms with Gasteiger partial charge in [-0.2, -0.15) is 0 Å². The van der Waals surface area contributed by atoms with E-state index in [1.54, 1.807) is 22.9 Å². The lowest BCUT2D eigenvalue weighted by Crippen LogP contribution is -2.34. The minimum absolute atomic E-state index is 0.0511. The molecule has 11 heteroatoms. The first-order chi connectivity index (χ1) is 14.7. The lowest BCUT2D eigenvalue weighted by molar-refractivity contribution is 0.0921. The normalized spacial score (nSPS) is 15.8. The van der Waals surface area contributed by atoms with E-state index in [2.05, 4.69) is 30.2 Å². The van der Waals surface area contributed by atoms with E-state index in [4.69, 9.17) is 11.6 Å². The van der Waals surface area contributed by atoms with Crippen LogP contribution in [0.5, 0.6) is 0 Å². The zero-order chi connectivity index (χ0) is 20.9. The molecule has 1 amide bonds. The van der Waals surface area contributed by atoms with Crippen molar-refractivity contribution in [2.45, 2.75) is 36.9 Å². The Morgan fingerprint density at radius 3 is 2.90 bits per heavy atom. The Labute approximate surface area is 181 Å². The Bertz CT molecular complexity index is 1110.